The molecule has 0 aromatic rings. The first-order valence-electron chi connectivity index (χ1n) is 4.56. The maximum atomic E-state index is 5.95. The number of hydrogen-bond donors (Lipinski definition) is 0. The first kappa shape index (κ1) is 8.16. The second-order valence-corrected chi connectivity index (χ2v) is 3.63. The Labute approximate surface area is 65.8 Å². The third-order valence-corrected chi connectivity index (χ3v) is 2.68. The summed E-state index contributed by atoms with van der Waals surface area (Å²) in [5, 5.41) is 0. The molecule has 0 aromatic heterocycles. The third-order valence-electron chi connectivity index (χ3n) is 2.68. The smallest absolute Gasteiger partial charge is 0.0703 e. The molecule has 1 rings (SSSR count). The van der Waals surface area contributed by atoms with Gasteiger partial charge in [-0.05, 0) is 5.92 Å². The molecule has 0 bridgehead atoms. The predicted molar refractivity (Wildman–Crippen MR) is 46.4 cm³/mol. The SMILES string of the molecule is [B]C1CCCCCCC1C. The highest BCUT2D eigenvalue weighted by atomic mass is 14.2. The van der Waals surface area contributed by atoms with Crippen molar-refractivity contribution >= 4 is 7.85 Å². The van der Waals surface area contributed by atoms with E-state index < -0.39 is 0 Å². The molecule has 0 heterocycles. The van der Waals surface area contributed by atoms with E-state index in [1.165, 1.54) is 38.5 Å². The van der Waals surface area contributed by atoms with Crippen LogP contribution in [0.4, 0.5) is 0 Å². The molecule has 0 amide bonds. The fourth-order valence-electron chi connectivity index (χ4n) is 1.70. The van der Waals surface area contributed by atoms with Crippen LogP contribution in [-0.2, 0) is 0 Å². The fraction of sp³-hybridized carbons (Fsp3) is 1.00. The van der Waals surface area contributed by atoms with E-state index in [0.717, 1.165) is 5.92 Å². The molecule has 0 N–H and O–H groups in total. The van der Waals surface area contributed by atoms with E-state index in [4.69, 9.17) is 7.85 Å². The molecular weight excluding hydrogens is 119 g/mol. The topological polar surface area (TPSA) is 0 Å². The molecule has 2 atom stereocenters. The van der Waals surface area contributed by atoms with Crippen molar-refractivity contribution in [2.24, 2.45) is 5.92 Å². The third kappa shape index (κ3) is 2.36. The lowest BCUT2D eigenvalue weighted by atomic mass is 9.71. The molecule has 0 aromatic carbocycles. The monoisotopic (exact) mass is 136 g/mol. The molecule has 56 valence electrons. The predicted octanol–water partition coefficient (Wildman–Crippen LogP) is 2.93. The lowest BCUT2D eigenvalue weighted by Crippen LogP contribution is -2.08. The molecular formula is C9H17B. The van der Waals surface area contributed by atoms with Gasteiger partial charge in [-0.15, -0.1) is 0 Å². The first-order chi connectivity index (χ1) is 4.80. The second-order valence-electron chi connectivity index (χ2n) is 3.63. The van der Waals surface area contributed by atoms with Crippen molar-refractivity contribution in [2.75, 3.05) is 0 Å². The maximum absolute atomic E-state index is 5.95. The van der Waals surface area contributed by atoms with E-state index in [1.807, 2.05) is 0 Å². The number of rotatable bonds is 0. The van der Waals surface area contributed by atoms with E-state index in [0.29, 0.717) is 5.82 Å². The standard InChI is InChI=1S/C9H17B/c1-8-6-4-2-3-5-7-9(8)10/h8-9H,2-7H2,1H3. The minimum absolute atomic E-state index is 0.486. The summed E-state index contributed by atoms with van der Waals surface area (Å²) in [7, 11) is 5.95. The van der Waals surface area contributed by atoms with Crippen LogP contribution in [0.25, 0.3) is 0 Å². The highest BCUT2D eigenvalue weighted by Gasteiger charge is 2.12. The van der Waals surface area contributed by atoms with Crippen LogP contribution in [0.15, 0.2) is 0 Å². The van der Waals surface area contributed by atoms with Crippen LogP contribution in [0, 0.1) is 5.92 Å². The molecule has 2 unspecified atom stereocenters. The first-order valence-corrected chi connectivity index (χ1v) is 4.56. The molecule has 10 heavy (non-hydrogen) atoms. The maximum Gasteiger partial charge on any atom is 0.0703 e. The summed E-state index contributed by atoms with van der Waals surface area (Å²) in [5.41, 5.74) is 0. The van der Waals surface area contributed by atoms with E-state index in [2.05, 4.69) is 6.92 Å². The lowest BCUT2D eigenvalue weighted by Gasteiger charge is -2.22. The van der Waals surface area contributed by atoms with Crippen molar-refractivity contribution in [3.8, 4) is 0 Å². The van der Waals surface area contributed by atoms with Crippen LogP contribution >= 0.6 is 0 Å². The van der Waals surface area contributed by atoms with Gasteiger partial charge in [0.25, 0.3) is 0 Å². The number of hydrogen-bond acceptors (Lipinski definition) is 0. The van der Waals surface area contributed by atoms with Crippen LogP contribution in [0.1, 0.15) is 45.4 Å². The summed E-state index contributed by atoms with van der Waals surface area (Å²) >= 11 is 0. The van der Waals surface area contributed by atoms with E-state index in [-0.39, 0.29) is 0 Å². The van der Waals surface area contributed by atoms with Gasteiger partial charge in [0.1, 0.15) is 0 Å². The van der Waals surface area contributed by atoms with Crippen molar-refractivity contribution < 1.29 is 0 Å². The quantitative estimate of drug-likeness (QED) is 0.449. The average molecular weight is 136 g/mol. The Kier molecular flexibility index (Phi) is 3.31. The fourth-order valence-corrected chi connectivity index (χ4v) is 1.70. The van der Waals surface area contributed by atoms with Crippen LogP contribution in [0.5, 0.6) is 0 Å². The van der Waals surface area contributed by atoms with E-state index in [9.17, 15) is 0 Å². The highest BCUT2D eigenvalue weighted by molar-refractivity contribution is 6.11. The Morgan fingerprint density at radius 1 is 1.00 bits per heavy atom. The average Bonchev–Trinajstić information content (AvgIpc) is 1.92. The molecule has 1 saturated carbocycles. The lowest BCUT2D eigenvalue weighted by molar-refractivity contribution is 0.404. The summed E-state index contributed by atoms with van der Waals surface area (Å²) in [6.07, 6.45) is 8.18. The van der Waals surface area contributed by atoms with Crippen LogP contribution in [0.3, 0.4) is 0 Å². The molecule has 1 aliphatic carbocycles. The molecule has 2 radical (unpaired) electrons. The Morgan fingerprint density at radius 3 is 2.30 bits per heavy atom. The van der Waals surface area contributed by atoms with Crippen molar-refractivity contribution in [3.63, 3.8) is 0 Å². The zero-order valence-corrected chi connectivity index (χ0v) is 6.97. The van der Waals surface area contributed by atoms with Crippen molar-refractivity contribution in [3.05, 3.63) is 0 Å². The van der Waals surface area contributed by atoms with Gasteiger partial charge in [0.15, 0.2) is 0 Å². The van der Waals surface area contributed by atoms with Gasteiger partial charge in [0.05, 0.1) is 7.85 Å². The Hall–Kier alpha value is 0.0649. The molecule has 0 saturated heterocycles. The van der Waals surface area contributed by atoms with Gasteiger partial charge in [-0.1, -0.05) is 51.3 Å². The zero-order chi connectivity index (χ0) is 7.40. The summed E-state index contributed by atoms with van der Waals surface area (Å²) in [4.78, 5) is 0. The molecule has 0 nitrogen and oxygen atoms in total. The van der Waals surface area contributed by atoms with Gasteiger partial charge in [-0.2, -0.15) is 0 Å². The minimum Gasteiger partial charge on any atom is -0.0749 e. The van der Waals surface area contributed by atoms with Gasteiger partial charge in [0.2, 0.25) is 0 Å². The molecule has 1 heteroatoms. The minimum atomic E-state index is 0.486. The van der Waals surface area contributed by atoms with Crippen LogP contribution < -0.4 is 0 Å². The van der Waals surface area contributed by atoms with Crippen molar-refractivity contribution in [1.82, 2.24) is 0 Å². The molecule has 0 aliphatic heterocycles. The summed E-state index contributed by atoms with van der Waals surface area (Å²) in [6, 6.07) is 0. The van der Waals surface area contributed by atoms with Gasteiger partial charge in [-0.3, -0.25) is 0 Å². The van der Waals surface area contributed by atoms with Crippen molar-refractivity contribution in [2.45, 2.75) is 51.3 Å². The summed E-state index contributed by atoms with van der Waals surface area (Å²) in [5.74, 6) is 1.25. The highest BCUT2D eigenvalue weighted by Crippen LogP contribution is 2.29. The summed E-state index contributed by atoms with van der Waals surface area (Å²) in [6.45, 7) is 2.29. The van der Waals surface area contributed by atoms with Gasteiger partial charge in [-0.25, -0.2) is 0 Å². The van der Waals surface area contributed by atoms with Crippen LogP contribution in [-0.4, -0.2) is 7.85 Å². The van der Waals surface area contributed by atoms with Gasteiger partial charge in [0, 0.05) is 0 Å². The Balaban J connectivity index is 2.28. The van der Waals surface area contributed by atoms with Gasteiger partial charge >= 0.3 is 0 Å². The normalized spacial score (nSPS) is 36.5. The zero-order valence-electron chi connectivity index (χ0n) is 6.97. The molecule has 1 fully saturated rings. The van der Waals surface area contributed by atoms with Crippen LogP contribution in [0.2, 0.25) is 5.82 Å². The molecule has 1 aliphatic rings. The second kappa shape index (κ2) is 4.05. The summed E-state index contributed by atoms with van der Waals surface area (Å²) < 4.78 is 0. The largest absolute Gasteiger partial charge is 0.0749 e. The Bertz CT molecular complexity index is 78.7. The van der Waals surface area contributed by atoms with E-state index in [1.54, 1.807) is 0 Å². The Morgan fingerprint density at radius 2 is 1.60 bits per heavy atom. The van der Waals surface area contributed by atoms with Gasteiger partial charge < -0.3 is 0 Å². The van der Waals surface area contributed by atoms with E-state index >= 15 is 0 Å². The van der Waals surface area contributed by atoms with Crippen molar-refractivity contribution in [1.29, 1.82) is 0 Å². The molecule has 0 spiro atoms.